The van der Waals surface area contributed by atoms with E-state index in [1.807, 2.05) is 30.3 Å². The Bertz CT molecular complexity index is 1210. The predicted octanol–water partition coefficient (Wildman–Crippen LogP) is 3.58. The van der Waals surface area contributed by atoms with Gasteiger partial charge in [0.15, 0.2) is 0 Å². The van der Waals surface area contributed by atoms with Crippen molar-refractivity contribution in [1.29, 1.82) is 0 Å². The lowest BCUT2D eigenvalue weighted by Crippen LogP contribution is -2.43. The van der Waals surface area contributed by atoms with Gasteiger partial charge in [0, 0.05) is 57.9 Å². The molecule has 1 fully saturated rings. The monoisotopic (exact) mass is 473 g/mol. The molecule has 3 aromatic carbocycles. The van der Waals surface area contributed by atoms with Gasteiger partial charge in [-0.3, -0.25) is 9.69 Å². The van der Waals surface area contributed by atoms with Crippen LogP contribution in [0.4, 0.5) is 0 Å². The van der Waals surface area contributed by atoms with Crippen molar-refractivity contribution in [3.05, 3.63) is 88.5 Å². The molecule has 2 N–H and O–H groups in total. The Labute approximate surface area is 205 Å². The van der Waals surface area contributed by atoms with Gasteiger partial charge in [-0.15, -0.1) is 0 Å². The van der Waals surface area contributed by atoms with Crippen molar-refractivity contribution in [3.8, 4) is 17.2 Å². The molecule has 7 heteroatoms. The summed E-state index contributed by atoms with van der Waals surface area (Å²) >= 11 is 0. The molecule has 0 bridgehead atoms. The second kappa shape index (κ2) is 9.98. The Morgan fingerprint density at radius 1 is 0.886 bits per heavy atom. The average molecular weight is 474 g/mol. The first-order valence-electron chi connectivity index (χ1n) is 12.0. The van der Waals surface area contributed by atoms with Crippen molar-refractivity contribution in [2.75, 3.05) is 33.2 Å². The summed E-state index contributed by atoms with van der Waals surface area (Å²) < 4.78 is 5.88. The van der Waals surface area contributed by atoms with Crippen molar-refractivity contribution >= 4 is 5.91 Å². The van der Waals surface area contributed by atoms with E-state index < -0.39 is 0 Å². The third-order valence-electron chi connectivity index (χ3n) is 6.80. The first-order chi connectivity index (χ1) is 17.0. The number of carbonyl (C=O) groups excluding carboxylic acids is 1. The van der Waals surface area contributed by atoms with E-state index in [2.05, 4.69) is 35.0 Å². The number of carbonyl (C=O) groups is 1. The average Bonchev–Trinajstić information content (AvgIpc) is 3.28. The summed E-state index contributed by atoms with van der Waals surface area (Å²) in [5.41, 5.74) is 4.50. The zero-order valence-electron chi connectivity index (χ0n) is 20.0. The van der Waals surface area contributed by atoms with Gasteiger partial charge in [-0.1, -0.05) is 48.5 Å². The molecule has 0 atom stereocenters. The van der Waals surface area contributed by atoms with Gasteiger partial charge in [0.1, 0.15) is 29.4 Å². The molecular weight excluding hydrogens is 442 g/mol. The summed E-state index contributed by atoms with van der Waals surface area (Å²) in [5.74, 6) is -0.587. The van der Waals surface area contributed by atoms with Gasteiger partial charge in [0.25, 0.3) is 5.91 Å². The van der Waals surface area contributed by atoms with E-state index in [0.29, 0.717) is 13.1 Å². The van der Waals surface area contributed by atoms with E-state index in [0.717, 1.165) is 49.4 Å². The Morgan fingerprint density at radius 3 is 2.40 bits per heavy atom. The topological polar surface area (TPSA) is 76.5 Å². The van der Waals surface area contributed by atoms with E-state index in [9.17, 15) is 15.0 Å². The summed E-state index contributed by atoms with van der Waals surface area (Å²) in [6.07, 6.45) is 0. The van der Waals surface area contributed by atoms with Crippen LogP contribution < -0.4 is 4.74 Å². The summed E-state index contributed by atoms with van der Waals surface area (Å²) in [6.45, 7) is 6.36. The fraction of sp³-hybridized carbons (Fsp3) is 0.321. The summed E-state index contributed by atoms with van der Waals surface area (Å²) in [4.78, 5) is 20.0. The molecule has 1 saturated heterocycles. The van der Waals surface area contributed by atoms with Crippen LogP contribution in [0.15, 0.2) is 60.7 Å². The number of nitrogens with zero attached hydrogens (tertiary/aromatic N) is 3. The van der Waals surface area contributed by atoms with Gasteiger partial charge >= 0.3 is 0 Å². The van der Waals surface area contributed by atoms with Crippen molar-refractivity contribution in [3.63, 3.8) is 0 Å². The molecule has 2 aliphatic heterocycles. The normalized spacial score (nSPS) is 16.3. The zero-order chi connectivity index (χ0) is 24.4. The fourth-order valence-electron chi connectivity index (χ4n) is 4.76. The number of hydrogen-bond donors (Lipinski definition) is 2. The predicted molar refractivity (Wildman–Crippen MR) is 133 cm³/mol. The zero-order valence-corrected chi connectivity index (χ0v) is 20.0. The summed E-state index contributed by atoms with van der Waals surface area (Å²) in [6, 6.07) is 18.6. The van der Waals surface area contributed by atoms with E-state index in [1.54, 1.807) is 4.90 Å². The quantitative estimate of drug-likeness (QED) is 0.570. The third kappa shape index (κ3) is 5.26. The first-order valence-corrected chi connectivity index (χ1v) is 12.0. The van der Waals surface area contributed by atoms with Crippen LogP contribution in [0.5, 0.6) is 17.2 Å². The minimum absolute atomic E-state index is 0.0733. The van der Waals surface area contributed by atoms with Crippen LogP contribution in [0.2, 0.25) is 0 Å². The van der Waals surface area contributed by atoms with E-state index in [4.69, 9.17) is 4.74 Å². The van der Waals surface area contributed by atoms with Gasteiger partial charge < -0.3 is 24.7 Å². The maximum atomic E-state index is 13.5. The number of aromatic hydroxyl groups is 2. The molecule has 0 spiro atoms. The number of ether oxygens (including phenoxy) is 1. The molecule has 1 amide bonds. The molecule has 3 aromatic rings. The number of phenols is 2. The number of amides is 1. The number of rotatable bonds is 6. The highest BCUT2D eigenvalue weighted by Crippen LogP contribution is 2.36. The van der Waals surface area contributed by atoms with Crippen LogP contribution in [0.1, 0.15) is 32.6 Å². The molecule has 2 aliphatic rings. The van der Waals surface area contributed by atoms with Gasteiger partial charge in [0.05, 0.1) is 0 Å². The molecule has 0 radical (unpaired) electrons. The largest absolute Gasteiger partial charge is 0.508 e. The second-order valence-corrected chi connectivity index (χ2v) is 9.46. The van der Waals surface area contributed by atoms with Crippen molar-refractivity contribution in [1.82, 2.24) is 14.7 Å². The van der Waals surface area contributed by atoms with Crippen LogP contribution in [-0.4, -0.2) is 64.0 Å². The highest BCUT2D eigenvalue weighted by atomic mass is 16.5. The molecule has 0 unspecified atom stereocenters. The molecule has 2 heterocycles. The van der Waals surface area contributed by atoms with Crippen LogP contribution in [0.25, 0.3) is 0 Å². The number of benzene rings is 3. The number of piperazine rings is 1. The Balaban J connectivity index is 1.31. The lowest BCUT2D eigenvalue weighted by atomic mass is 10.1. The van der Waals surface area contributed by atoms with Crippen LogP contribution >= 0.6 is 0 Å². The smallest absolute Gasteiger partial charge is 0.262 e. The van der Waals surface area contributed by atoms with Gasteiger partial charge in [0.2, 0.25) is 0 Å². The first kappa shape index (κ1) is 23.2. The van der Waals surface area contributed by atoms with E-state index in [-0.39, 0.29) is 35.3 Å². The molecule has 0 saturated carbocycles. The lowest BCUT2D eigenvalue weighted by molar-refractivity contribution is 0.0743. The fourth-order valence-corrected chi connectivity index (χ4v) is 4.76. The lowest BCUT2D eigenvalue weighted by Gasteiger charge is -2.32. The number of likely N-dealkylation sites (N-methyl/N-ethyl adjacent to an activating group) is 1. The minimum atomic E-state index is -0.317. The van der Waals surface area contributed by atoms with E-state index >= 15 is 0 Å². The Hall–Kier alpha value is -3.55. The van der Waals surface area contributed by atoms with Crippen molar-refractivity contribution < 1.29 is 19.7 Å². The minimum Gasteiger partial charge on any atom is -0.508 e. The van der Waals surface area contributed by atoms with E-state index in [1.165, 1.54) is 17.7 Å². The summed E-state index contributed by atoms with van der Waals surface area (Å²) in [5, 5.41) is 20.6. The molecule has 182 valence electrons. The van der Waals surface area contributed by atoms with Crippen LogP contribution in [0, 0.1) is 0 Å². The molecule has 35 heavy (non-hydrogen) atoms. The number of hydrogen-bond acceptors (Lipinski definition) is 6. The third-order valence-corrected chi connectivity index (χ3v) is 6.80. The standard InChI is InChI=1S/C28H31N3O4/c1-29-9-11-30(12-10-29)16-21-7-8-22-17-31(18-23(22)13-21)28(34)27-25(33)14-24(32)15-26(27)35-19-20-5-3-2-4-6-20/h2-8,13-15,32-33H,9-12,16-19H2,1H3. The Kier molecular flexibility index (Phi) is 6.61. The number of phenolic OH excluding ortho intramolecular Hbond substituents is 2. The van der Waals surface area contributed by atoms with Crippen LogP contribution in [0.3, 0.4) is 0 Å². The molecule has 0 aliphatic carbocycles. The maximum absolute atomic E-state index is 13.5. The second-order valence-electron chi connectivity index (χ2n) is 9.46. The molecule has 5 rings (SSSR count). The molecule has 0 aromatic heterocycles. The SMILES string of the molecule is CN1CCN(Cc2ccc3c(c2)CN(C(=O)c2c(O)cc(O)cc2OCc2ccccc2)C3)CC1. The van der Waals surface area contributed by atoms with Crippen molar-refractivity contribution in [2.24, 2.45) is 0 Å². The number of fused-ring (bicyclic) bond motifs is 1. The maximum Gasteiger partial charge on any atom is 0.262 e. The highest BCUT2D eigenvalue weighted by Gasteiger charge is 2.29. The Morgan fingerprint density at radius 2 is 1.63 bits per heavy atom. The van der Waals surface area contributed by atoms with Gasteiger partial charge in [-0.25, -0.2) is 0 Å². The summed E-state index contributed by atoms with van der Waals surface area (Å²) in [7, 11) is 2.16. The van der Waals surface area contributed by atoms with Crippen molar-refractivity contribution in [2.45, 2.75) is 26.2 Å². The van der Waals surface area contributed by atoms with Crippen LogP contribution in [-0.2, 0) is 26.2 Å². The molecule has 7 nitrogen and oxygen atoms in total. The molecular formula is C28H31N3O4. The van der Waals surface area contributed by atoms with Gasteiger partial charge in [-0.05, 0) is 29.3 Å². The van der Waals surface area contributed by atoms with Gasteiger partial charge in [-0.2, -0.15) is 0 Å². The highest BCUT2D eigenvalue weighted by molar-refractivity contribution is 6.00.